The molecule has 0 unspecified atom stereocenters. The SMILES string of the molecule is COc1cc(Cl)cc(CC(C)(C)C(=O)O)c1C(C)C. The van der Waals surface area contributed by atoms with Crippen LogP contribution in [-0.4, -0.2) is 18.2 Å². The van der Waals surface area contributed by atoms with Crippen molar-refractivity contribution in [1.82, 2.24) is 0 Å². The normalized spacial score (nSPS) is 11.7. The standard InChI is InChI=1S/C15H21ClO3/c1-9(2)13-10(8-15(3,4)14(17)18)6-11(16)7-12(13)19-5/h6-7,9H,8H2,1-5H3,(H,17,18). The van der Waals surface area contributed by atoms with Crippen LogP contribution in [-0.2, 0) is 11.2 Å². The van der Waals surface area contributed by atoms with Crippen molar-refractivity contribution < 1.29 is 14.6 Å². The number of rotatable bonds is 5. The second-order valence-electron chi connectivity index (χ2n) is 5.70. The molecule has 0 spiro atoms. The highest BCUT2D eigenvalue weighted by atomic mass is 35.5. The predicted octanol–water partition coefficient (Wildman–Crippen LogP) is 4.13. The maximum atomic E-state index is 11.3. The molecule has 0 radical (unpaired) electrons. The second kappa shape index (κ2) is 5.83. The lowest BCUT2D eigenvalue weighted by Gasteiger charge is -2.24. The van der Waals surface area contributed by atoms with Crippen LogP contribution in [0.2, 0.25) is 5.02 Å². The lowest BCUT2D eigenvalue weighted by Crippen LogP contribution is -2.26. The van der Waals surface area contributed by atoms with Gasteiger partial charge in [0.05, 0.1) is 12.5 Å². The third kappa shape index (κ3) is 3.63. The molecule has 1 aromatic carbocycles. The summed E-state index contributed by atoms with van der Waals surface area (Å²) in [6.45, 7) is 7.55. The van der Waals surface area contributed by atoms with Gasteiger partial charge in [0, 0.05) is 5.02 Å². The summed E-state index contributed by atoms with van der Waals surface area (Å²) in [5.74, 6) is 0.145. The molecule has 0 aliphatic heterocycles. The molecule has 1 N–H and O–H groups in total. The fourth-order valence-electron chi connectivity index (χ4n) is 2.17. The first-order chi connectivity index (χ1) is 8.69. The summed E-state index contributed by atoms with van der Waals surface area (Å²) in [4.78, 5) is 11.3. The van der Waals surface area contributed by atoms with Crippen LogP contribution in [0, 0.1) is 5.41 Å². The van der Waals surface area contributed by atoms with Crippen molar-refractivity contribution >= 4 is 17.6 Å². The molecule has 0 aliphatic rings. The predicted molar refractivity (Wildman–Crippen MR) is 77.2 cm³/mol. The Morgan fingerprint density at radius 2 is 2.00 bits per heavy atom. The quantitative estimate of drug-likeness (QED) is 0.884. The zero-order valence-electron chi connectivity index (χ0n) is 12.1. The maximum Gasteiger partial charge on any atom is 0.309 e. The molecule has 19 heavy (non-hydrogen) atoms. The smallest absolute Gasteiger partial charge is 0.309 e. The summed E-state index contributed by atoms with van der Waals surface area (Å²) in [6, 6.07) is 3.61. The molecule has 3 nitrogen and oxygen atoms in total. The van der Waals surface area contributed by atoms with Crippen LogP contribution in [0.15, 0.2) is 12.1 Å². The van der Waals surface area contributed by atoms with Crippen molar-refractivity contribution in [3.63, 3.8) is 0 Å². The molecular formula is C15H21ClO3. The minimum atomic E-state index is -0.834. The molecule has 0 heterocycles. The minimum Gasteiger partial charge on any atom is -0.496 e. The van der Waals surface area contributed by atoms with Crippen molar-refractivity contribution in [3.05, 3.63) is 28.3 Å². The van der Waals surface area contributed by atoms with E-state index >= 15 is 0 Å². The Hall–Kier alpha value is -1.22. The molecule has 1 aromatic rings. The van der Waals surface area contributed by atoms with Crippen LogP contribution in [0.25, 0.3) is 0 Å². The highest BCUT2D eigenvalue weighted by Crippen LogP contribution is 2.36. The maximum absolute atomic E-state index is 11.3. The number of carboxylic acids is 1. The van der Waals surface area contributed by atoms with Gasteiger partial charge in [-0.3, -0.25) is 4.79 Å². The van der Waals surface area contributed by atoms with Gasteiger partial charge in [0.1, 0.15) is 5.75 Å². The fourth-order valence-corrected chi connectivity index (χ4v) is 2.40. The average Bonchev–Trinajstić information content (AvgIpc) is 2.26. The van der Waals surface area contributed by atoms with E-state index in [1.54, 1.807) is 27.0 Å². The number of carbonyl (C=O) groups is 1. The van der Waals surface area contributed by atoms with Crippen LogP contribution < -0.4 is 4.74 Å². The first kappa shape index (κ1) is 15.8. The van der Waals surface area contributed by atoms with E-state index in [0.717, 1.165) is 16.9 Å². The minimum absolute atomic E-state index is 0.242. The van der Waals surface area contributed by atoms with Crippen molar-refractivity contribution in [3.8, 4) is 5.75 Å². The van der Waals surface area contributed by atoms with Crippen molar-refractivity contribution in [2.75, 3.05) is 7.11 Å². The Balaban J connectivity index is 3.33. The van der Waals surface area contributed by atoms with Gasteiger partial charge in [0.15, 0.2) is 0 Å². The Morgan fingerprint density at radius 1 is 1.42 bits per heavy atom. The molecule has 0 aromatic heterocycles. The number of aliphatic carboxylic acids is 1. The number of ether oxygens (including phenoxy) is 1. The molecule has 0 saturated carbocycles. The molecule has 4 heteroatoms. The number of hydrogen-bond donors (Lipinski definition) is 1. The van der Waals surface area contributed by atoms with Crippen molar-refractivity contribution in [2.45, 2.75) is 40.0 Å². The lowest BCUT2D eigenvalue weighted by molar-refractivity contribution is -0.146. The van der Waals surface area contributed by atoms with E-state index in [0.29, 0.717) is 11.4 Å². The molecule has 0 saturated heterocycles. The van der Waals surface area contributed by atoms with Gasteiger partial charge in [-0.1, -0.05) is 25.4 Å². The Bertz CT molecular complexity index is 479. The van der Waals surface area contributed by atoms with Crippen LogP contribution >= 0.6 is 11.6 Å². The monoisotopic (exact) mass is 284 g/mol. The molecule has 106 valence electrons. The number of halogens is 1. The number of methoxy groups -OCH3 is 1. The number of carboxylic acid groups (broad SMARTS) is 1. The van der Waals surface area contributed by atoms with Crippen LogP contribution in [0.3, 0.4) is 0 Å². The average molecular weight is 285 g/mol. The third-order valence-corrected chi connectivity index (χ3v) is 3.42. The summed E-state index contributed by atoms with van der Waals surface area (Å²) in [7, 11) is 1.60. The molecule has 0 aliphatic carbocycles. The molecule has 0 amide bonds. The Kier molecular flexibility index (Phi) is 4.86. The van der Waals surface area contributed by atoms with Gasteiger partial charge in [0.2, 0.25) is 0 Å². The molecule has 0 fully saturated rings. The topological polar surface area (TPSA) is 46.5 Å². The van der Waals surface area contributed by atoms with E-state index in [-0.39, 0.29) is 5.92 Å². The van der Waals surface area contributed by atoms with Gasteiger partial charge >= 0.3 is 5.97 Å². The summed E-state index contributed by atoms with van der Waals surface area (Å²) in [5, 5.41) is 9.83. The van der Waals surface area contributed by atoms with Crippen molar-refractivity contribution in [2.24, 2.45) is 5.41 Å². The zero-order valence-corrected chi connectivity index (χ0v) is 12.8. The fraction of sp³-hybridized carbons (Fsp3) is 0.533. The highest BCUT2D eigenvalue weighted by Gasteiger charge is 2.29. The van der Waals surface area contributed by atoms with Crippen molar-refractivity contribution in [1.29, 1.82) is 0 Å². The van der Waals surface area contributed by atoms with Gasteiger partial charge in [0.25, 0.3) is 0 Å². The molecular weight excluding hydrogens is 264 g/mol. The van der Waals surface area contributed by atoms with Crippen LogP contribution in [0.5, 0.6) is 5.75 Å². The molecule has 0 atom stereocenters. The van der Waals surface area contributed by atoms with E-state index in [9.17, 15) is 9.90 Å². The summed E-state index contributed by atoms with van der Waals surface area (Å²) >= 11 is 6.09. The van der Waals surface area contributed by atoms with E-state index in [4.69, 9.17) is 16.3 Å². The third-order valence-electron chi connectivity index (χ3n) is 3.20. The first-order valence-corrected chi connectivity index (χ1v) is 6.66. The summed E-state index contributed by atoms with van der Waals surface area (Å²) in [6.07, 6.45) is 0.423. The lowest BCUT2D eigenvalue weighted by atomic mass is 9.82. The van der Waals surface area contributed by atoms with Gasteiger partial charge in [-0.25, -0.2) is 0 Å². The first-order valence-electron chi connectivity index (χ1n) is 6.28. The Labute approximate surface area is 119 Å². The van der Waals surface area contributed by atoms with Crippen LogP contribution in [0.4, 0.5) is 0 Å². The van der Waals surface area contributed by atoms with Gasteiger partial charge in [-0.15, -0.1) is 0 Å². The van der Waals surface area contributed by atoms with E-state index in [1.165, 1.54) is 0 Å². The highest BCUT2D eigenvalue weighted by molar-refractivity contribution is 6.30. The number of benzene rings is 1. The van der Waals surface area contributed by atoms with E-state index in [2.05, 4.69) is 13.8 Å². The number of hydrogen-bond acceptors (Lipinski definition) is 2. The van der Waals surface area contributed by atoms with Gasteiger partial charge in [-0.2, -0.15) is 0 Å². The largest absolute Gasteiger partial charge is 0.496 e. The van der Waals surface area contributed by atoms with E-state index in [1.807, 2.05) is 6.07 Å². The summed E-state index contributed by atoms with van der Waals surface area (Å²) in [5.41, 5.74) is 1.13. The summed E-state index contributed by atoms with van der Waals surface area (Å²) < 4.78 is 5.37. The van der Waals surface area contributed by atoms with E-state index < -0.39 is 11.4 Å². The van der Waals surface area contributed by atoms with Gasteiger partial charge in [-0.05, 0) is 49.4 Å². The second-order valence-corrected chi connectivity index (χ2v) is 6.14. The van der Waals surface area contributed by atoms with Gasteiger partial charge < -0.3 is 9.84 Å². The zero-order chi connectivity index (χ0) is 14.8. The Morgan fingerprint density at radius 3 is 2.42 bits per heavy atom. The molecule has 1 rings (SSSR count). The van der Waals surface area contributed by atoms with Crippen LogP contribution in [0.1, 0.15) is 44.7 Å². The molecule has 0 bridgehead atoms.